The highest BCUT2D eigenvalue weighted by atomic mass is 19.4. The molecule has 4 aromatic rings. The third-order valence-corrected chi connectivity index (χ3v) is 6.75. The number of halogens is 5. The molecule has 2 amide bonds. The van der Waals surface area contributed by atoms with E-state index in [4.69, 9.17) is 10.2 Å². The van der Waals surface area contributed by atoms with Crippen molar-refractivity contribution < 1.29 is 36.0 Å². The number of aromatic nitrogens is 2. The van der Waals surface area contributed by atoms with Crippen molar-refractivity contribution in [3.8, 4) is 11.3 Å². The topological polar surface area (TPSA) is 114 Å². The van der Waals surface area contributed by atoms with Gasteiger partial charge in [0.15, 0.2) is 0 Å². The first-order chi connectivity index (χ1) is 19.9. The number of likely N-dealkylation sites (tertiary alicyclic amines) is 1. The van der Waals surface area contributed by atoms with E-state index < -0.39 is 42.3 Å². The number of anilines is 1. The normalized spacial score (nSPS) is 15.3. The summed E-state index contributed by atoms with van der Waals surface area (Å²) in [4.78, 5) is 34.2. The number of amides is 2. The van der Waals surface area contributed by atoms with Crippen LogP contribution in [0.4, 0.5) is 27.8 Å². The Hall–Kier alpha value is -4.81. The van der Waals surface area contributed by atoms with E-state index in [2.05, 4.69) is 15.3 Å². The van der Waals surface area contributed by atoms with Crippen LogP contribution in [0.1, 0.15) is 40.1 Å². The fourth-order valence-electron chi connectivity index (χ4n) is 4.50. The van der Waals surface area contributed by atoms with Crippen molar-refractivity contribution in [1.82, 2.24) is 20.2 Å². The Bertz CT molecular complexity index is 1640. The first-order valence-electron chi connectivity index (χ1n) is 12.8. The summed E-state index contributed by atoms with van der Waals surface area (Å²) in [6.07, 6.45) is -0.218. The molecule has 5 rings (SSSR count). The van der Waals surface area contributed by atoms with Gasteiger partial charge in [-0.3, -0.25) is 14.6 Å². The second-order valence-corrected chi connectivity index (χ2v) is 9.79. The van der Waals surface area contributed by atoms with Crippen molar-refractivity contribution in [2.24, 2.45) is 0 Å². The van der Waals surface area contributed by atoms with Gasteiger partial charge >= 0.3 is 6.18 Å². The van der Waals surface area contributed by atoms with Gasteiger partial charge in [-0.05, 0) is 54.1 Å². The number of alkyl halides is 5. The number of nitrogens with zero attached hydrogens (tertiary/aromatic N) is 3. The summed E-state index contributed by atoms with van der Waals surface area (Å²) in [5, 5.41) is 2.95. The minimum Gasteiger partial charge on any atom is -0.459 e. The van der Waals surface area contributed by atoms with Crippen LogP contribution in [0, 0.1) is 0 Å². The van der Waals surface area contributed by atoms with E-state index in [1.54, 1.807) is 12.1 Å². The fourth-order valence-corrected chi connectivity index (χ4v) is 4.50. The van der Waals surface area contributed by atoms with E-state index in [9.17, 15) is 31.5 Å². The van der Waals surface area contributed by atoms with Gasteiger partial charge in [-0.25, -0.2) is 13.8 Å². The van der Waals surface area contributed by atoms with E-state index in [0.717, 1.165) is 12.3 Å². The Labute approximate surface area is 236 Å². The zero-order valence-corrected chi connectivity index (χ0v) is 21.9. The molecule has 0 unspecified atom stereocenters. The number of hydrogen-bond donors (Lipinski definition) is 2. The van der Waals surface area contributed by atoms with Gasteiger partial charge in [0, 0.05) is 55.4 Å². The molecule has 0 radical (unpaired) electrons. The molecule has 0 atom stereocenters. The summed E-state index contributed by atoms with van der Waals surface area (Å²) in [5.74, 6) is -3.23. The molecule has 1 fully saturated rings. The molecule has 13 heteroatoms. The predicted molar refractivity (Wildman–Crippen MR) is 144 cm³/mol. The van der Waals surface area contributed by atoms with E-state index in [1.165, 1.54) is 47.5 Å². The number of furan rings is 1. The summed E-state index contributed by atoms with van der Waals surface area (Å²) < 4.78 is 74.5. The lowest BCUT2D eigenvalue weighted by Crippen LogP contribution is -2.42. The van der Waals surface area contributed by atoms with Crippen LogP contribution in [0.25, 0.3) is 28.3 Å². The average Bonchev–Trinajstić information content (AvgIpc) is 3.36. The number of pyridine rings is 2. The van der Waals surface area contributed by atoms with Gasteiger partial charge < -0.3 is 20.4 Å². The molecule has 1 saturated heterocycles. The minimum atomic E-state index is -4.75. The molecule has 0 saturated carbocycles. The number of carbonyl (C=O) groups excluding carboxylic acids is 2. The monoisotopic (exact) mass is 585 g/mol. The zero-order chi connectivity index (χ0) is 30.1. The van der Waals surface area contributed by atoms with E-state index >= 15 is 0 Å². The highest BCUT2D eigenvalue weighted by molar-refractivity contribution is 5.94. The SMILES string of the molecule is Nc1ccc(/C=C/C(=O)NCc2cc3cc(-c4ccc(C(=O)N5CCC(F)(F)CC5)cn4)c(C(F)(F)F)cc3o2)cn1. The van der Waals surface area contributed by atoms with Gasteiger partial charge in [0.05, 0.1) is 23.4 Å². The summed E-state index contributed by atoms with van der Waals surface area (Å²) in [7, 11) is 0. The number of piperidine rings is 1. The maximum absolute atomic E-state index is 14.0. The largest absolute Gasteiger partial charge is 0.459 e. The highest BCUT2D eigenvalue weighted by Crippen LogP contribution is 2.40. The number of hydrogen-bond acceptors (Lipinski definition) is 6. The van der Waals surface area contributed by atoms with E-state index in [0.29, 0.717) is 16.8 Å². The standard InChI is InChI=1S/C29H24F5N5O3/c30-28(31)7-9-39(10-8-28)27(41)18-3-4-23(36-15-18)21-12-19-11-20(42-24(19)13-22(21)29(32,33)34)16-38-26(40)6-2-17-1-5-25(35)37-14-17/h1-6,11-15H,7-10,16H2,(H2,35,37)(H,38,40)/b6-2+. The number of benzene rings is 1. The molecule has 0 aliphatic carbocycles. The molecule has 3 aromatic heterocycles. The van der Waals surface area contributed by atoms with Crippen LogP contribution in [0.3, 0.4) is 0 Å². The Morgan fingerprint density at radius 1 is 1.05 bits per heavy atom. The summed E-state index contributed by atoms with van der Waals surface area (Å²) in [6, 6.07) is 9.52. The Kier molecular flexibility index (Phi) is 7.67. The van der Waals surface area contributed by atoms with Crippen molar-refractivity contribution in [3.63, 3.8) is 0 Å². The molecule has 0 bridgehead atoms. The molecule has 3 N–H and O–H groups in total. The van der Waals surface area contributed by atoms with Crippen molar-refractivity contribution in [2.45, 2.75) is 31.5 Å². The summed E-state index contributed by atoms with van der Waals surface area (Å²) >= 11 is 0. The van der Waals surface area contributed by atoms with Crippen molar-refractivity contribution in [3.05, 3.63) is 83.4 Å². The van der Waals surface area contributed by atoms with Gasteiger partial charge in [0.1, 0.15) is 17.2 Å². The van der Waals surface area contributed by atoms with Crippen LogP contribution in [0.15, 0.2) is 65.4 Å². The molecule has 1 aliphatic rings. The van der Waals surface area contributed by atoms with E-state index in [1.807, 2.05) is 0 Å². The van der Waals surface area contributed by atoms with Crippen LogP contribution in [-0.2, 0) is 17.5 Å². The Morgan fingerprint density at radius 2 is 1.81 bits per heavy atom. The smallest absolute Gasteiger partial charge is 0.417 e. The second-order valence-electron chi connectivity index (χ2n) is 9.79. The predicted octanol–water partition coefficient (Wildman–Crippen LogP) is 5.69. The number of rotatable bonds is 6. The summed E-state index contributed by atoms with van der Waals surface area (Å²) in [5.41, 5.74) is 4.96. The first-order valence-corrected chi connectivity index (χ1v) is 12.8. The van der Waals surface area contributed by atoms with Crippen LogP contribution < -0.4 is 11.1 Å². The molecular formula is C29H24F5N5O3. The molecular weight excluding hydrogens is 561 g/mol. The lowest BCUT2D eigenvalue weighted by molar-refractivity contribution is -0.137. The number of nitrogens with one attached hydrogen (secondary N) is 1. The van der Waals surface area contributed by atoms with Crippen LogP contribution in [0.5, 0.6) is 0 Å². The van der Waals surface area contributed by atoms with Crippen molar-refractivity contribution in [2.75, 3.05) is 18.8 Å². The molecule has 4 heterocycles. The van der Waals surface area contributed by atoms with Crippen LogP contribution in [0.2, 0.25) is 0 Å². The zero-order valence-electron chi connectivity index (χ0n) is 21.9. The molecule has 8 nitrogen and oxygen atoms in total. The quantitative estimate of drug-likeness (QED) is 0.222. The Balaban J connectivity index is 1.33. The van der Waals surface area contributed by atoms with Gasteiger partial charge in [0.25, 0.3) is 11.8 Å². The molecule has 1 aliphatic heterocycles. The second kappa shape index (κ2) is 11.2. The van der Waals surface area contributed by atoms with Crippen LogP contribution >= 0.6 is 0 Å². The maximum atomic E-state index is 14.0. The van der Waals surface area contributed by atoms with Crippen molar-refractivity contribution >= 4 is 34.7 Å². The van der Waals surface area contributed by atoms with Crippen molar-refractivity contribution in [1.29, 1.82) is 0 Å². The van der Waals surface area contributed by atoms with Gasteiger partial charge in [-0.1, -0.05) is 0 Å². The minimum absolute atomic E-state index is 0.0347. The van der Waals surface area contributed by atoms with Crippen LogP contribution in [-0.4, -0.2) is 45.7 Å². The van der Waals surface area contributed by atoms with Gasteiger partial charge in [-0.15, -0.1) is 0 Å². The highest BCUT2D eigenvalue weighted by Gasteiger charge is 2.37. The average molecular weight is 586 g/mol. The third kappa shape index (κ3) is 6.56. The fraction of sp³-hybridized carbons (Fsp3) is 0.241. The molecule has 218 valence electrons. The number of nitrogens with two attached hydrogens (primary N) is 1. The third-order valence-electron chi connectivity index (χ3n) is 6.75. The van der Waals surface area contributed by atoms with Gasteiger partial charge in [0.2, 0.25) is 5.91 Å². The Morgan fingerprint density at radius 3 is 2.45 bits per heavy atom. The maximum Gasteiger partial charge on any atom is 0.417 e. The number of carbonyl (C=O) groups is 2. The first kappa shape index (κ1) is 28.7. The van der Waals surface area contributed by atoms with Gasteiger partial charge in [-0.2, -0.15) is 13.2 Å². The number of nitrogen functional groups attached to an aromatic ring is 1. The molecule has 0 spiro atoms. The molecule has 42 heavy (non-hydrogen) atoms. The number of fused-ring (bicyclic) bond motifs is 1. The van der Waals surface area contributed by atoms with E-state index in [-0.39, 0.29) is 47.8 Å². The summed E-state index contributed by atoms with van der Waals surface area (Å²) in [6.45, 7) is -0.323. The lowest BCUT2D eigenvalue weighted by atomic mass is 10.0. The lowest BCUT2D eigenvalue weighted by Gasteiger charge is -2.31. The molecule has 1 aromatic carbocycles.